The highest BCUT2D eigenvalue weighted by Crippen LogP contribution is 2.30. The maximum absolute atomic E-state index is 12.9. The first-order valence-electron chi connectivity index (χ1n) is 12.8. The molecule has 0 spiro atoms. The van der Waals surface area contributed by atoms with Gasteiger partial charge >= 0.3 is 0 Å². The fourth-order valence-corrected chi connectivity index (χ4v) is 4.94. The van der Waals surface area contributed by atoms with E-state index in [4.69, 9.17) is 5.73 Å². The Kier molecular flexibility index (Phi) is 9.95. The molecule has 33 heavy (non-hydrogen) atoms. The minimum atomic E-state index is -0.0566. The summed E-state index contributed by atoms with van der Waals surface area (Å²) in [5.41, 5.74) is 13.9. The van der Waals surface area contributed by atoms with Crippen LogP contribution in [0.2, 0.25) is 0 Å². The van der Waals surface area contributed by atoms with Gasteiger partial charge in [0.05, 0.1) is 0 Å². The van der Waals surface area contributed by atoms with Gasteiger partial charge in [0.25, 0.3) is 0 Å². The Labute approximate surface area is 200 Å². The average Bonchev–Trinajstić information content (AvgIpc) is 2.81. The molecule has 1 atom stereocenters. The van der Waals surface area contributed by atoms with E-state index >= 15 is 0 Å². The molecule has 1 aliphatic rings. The van der Waals surface area contributed by atoms with Gasteiger partial charge in [-0.2, -0.15) is 0 Å². The minimum Gasteiger partial charge on any atom is -0.330 e. The summed E-state index contributed by atoms with van der Waals surface area (Å²) in [5.74, 6) is 0.0471. The summed E-state index contributed by atoms with van der Waals surface area (Å²) in [6, 6.07) is 12.9. The van der Waals surface area contributed by atoms with Gasteiger partial charge in [0.1, 0.15) is 0 Å². The largest absolute Gasteiger partial charge is 0.330 e. The molecule has 0 aromatic heterocycles. The molecule has 0 heterocycles. The fourth-order valence-electron chi connectivity index (χ4n) is 4.94. The summed E-state index contributed by atoms with van der Waals surface area (Å²) in [6.45, 7) is 3.91. The van der Waals surface area contributed by atoms with E-state index in [2.05, 4.69) is 55.5 Å². The number of hydrogen-bond donors (Lipinski definition) is 2. The number of nitrogens with two attached hydrogens (primary N) is 1. The molecule has 4 nitrogen and oxygen atoms in total. The van der Waals surface area contributed by atoms with Crippen LogP contribution in [0.5, 0.6) is 0 Å². The normalized spacial score (nSPS) is 14.2. The molecule has 0 bridgehead atoms. The molecule has 0 saturated carbocycles. The van der Waals surface area contributed by atoms with Crippen LogP contribution in [-0.2, 0) is 36.9 Å². The molecule has 0 fully saturated rings. The van der Waals surface area contributed by atoms with Crippen LogP contribution < -0.4 is 11.1 Å². The third kappa shape index (κ3) is 7.68. The molecule has 1 aliphatic carbocycles. The number of nitrogens with one attached hydrogen (secondary N) is 1. The number of unbranched alkanes of at least 4 members (excludes halogenated alkanes) is 1. The van der Waals surface area contributed by atoms with Gasteiger partial charge < -0.3 is 16.0 Å². The number of carbonyl (C=O) groups is 1. The zero-order valence-corrected chi connectivity index (χ0v) is 21.0. The topological polar surface area (TPSA) is 58.4 Å². The summed E-state index contributed by atoms with van der Waals surface area (Å²) in [4.78, 5) is 15.1. The van der Waals surface area contributed by atoms with Gasteiger partial charge in [-0.1, -0.05) is 31.2 Å². The van der Waals surface area contributed by atoms with Crippen molar-refractivity contribution in [2.24, 2.45) is 11.7 Å². The molecule has 2 aromatic carbocycles. The van der Waals surface area contributed by atoms with E-state index in [1.807, 2.05) is 12.1 Å². The zero-order chi connectivity index (χ0) is 23.6. The Hall–Kier alpha value is -2.17. The van der Waals surface area contributed by atoms with Crippen LogP contribution in [0.25, 0.3) is 0 Å². The van der Waals surface area contributed by atoms with Crippen LogP contribution in [0.1, 0.15) is 66.8 Å². The van der Waals surface area contributed by atoms with Crippen LogP contribution in [0.3, 0.4) is 0 Å². The highest BCUT2D eigenvalue weighted by molar-refractivity contribution is 5.92. The van der Waals surface area contributed by atoms with Crippen LogP contribution in [0, 0.1) is 5.92 Å². The number of benzene rings is 2. The highest BCUT2D eigenvalue weighted by atomic mass is 16.1. The highest BCUT2D eigenvalue weighted by Gasteiger charge is 2.20. The second-order valence-corrected chi connectivity index (χ2v) is 9.99. The molecule has 3 N–H and O–H groups in total. The van der Waals surface area contributed by atoms with Gasteiger partial charge in [-0.25, -0.2) is 0 Å². The van der Waals surface area contributed by atoms with Crippen molar-refractivity contribution in [2.75, 3.05) is 32.5 Å². The van der Waals surface area contributed by atoms with E-state index in [0.717, 1.165) is 63.7 Å². The van der Waals surface area contributed by atoms with Gasteiger partial charge in [-0.15, -0.1) is 0 Å². The Morgan fingerprint density at radius 1 is 0.939 bits per heavy atom. The third-order valence-corrected chi connectivity index (χ3v) is 6.89. The Morgan fingerprint density at radius 3 is 2.27 bits per heavy atom. The van der Waals surface area contributed by atoms with Crippen molar-refractivity contribution in [3.63, 3.8) is 0 Å². The van der Waals surface area contributed by atoms with Crippen LogP contribution in [0.4, 0.5) is 5.69 Å². The van der Waals surface area contributed by atoms with E-state index in [1.54, 1.807) is 5.56 Å². The standard InChI is InChI=1S/C29H43N3O/c1-22(29(33)31-26-17-13-23(14-18-26)9-8-20-32(2)3)21-25-16-15-24(10-6-7-19-30)27-11-4-5-12-28(25)27/h13-18,22H,4-12,19-21,30H2,1-3H3,(H,31,33)/t22-/m0/s1. The zero-order valence-electron chi connectivity index (χ0n) is 21.0. The number of carbonyl (C=O) groups excluding carboxylic acids is 1. The first-order chi connectivity index (χ1) is 16.0. The number of aryl methyl sites for hydroxylation is 2. The van der Waals surface area contributed by atoms with Gasteiger partial charge in [0.15, 0.2) is 0 Å². The lowest BCUT2D eigenvalue weighted by Gasteiger charge is -2.24. The summed E-state index contributed by atoms with van der Waals surface area (Å²) >= 11 is 0. The molecule has 1 amide bonds. The maximum Gasteiger partial charge on any atom is 0.227 e. The number of fused-ring (bicyclic) bond motifs is 1. The molecular weight excluding hydrogens is 406 g/mol. The van der Waals surface area contributed by atoms with Crippen molar-refractivity contribution in [2.45, 2.75) is 71.1 Å². The third-order valence-electron chi connectivity index (χ3n) is 6.89. The monoisotopic (exact) mass is 449 g/mol. The van der Waals surface area contributed by atoms with E-state index in [9.17, 15) is 4.79 Å². The second-order valence-electron chi connectivity index (χ2n) is 9.99. The van der Waals surface area contributed by atoms with Crippen molar-refractivity contribution in [1.29, 1.82) is 0 Å². The molecule has 0 saturated heterocycles. The molecule has 180 valence electrons. The Morgan fingerprint density at radius 2 is 1.61 bits per heavy atom. The van der Waals surface area contributed by atoms with E-state index in [1.165, 1.54) is 41.5 Å². The molecule has 2 aromatic rings. The summed E-state index contributed by atoms with van der Waals surface area (Å²) < 4.78 is 0. The van der Waals surface area contributed by atoms with Gasteiger partial charge in [-0.05, 0) is 131 Å². The van der Waals surface area contributed by atoms with Gasteiger partial charge in [0, 0.05) is 11.6 Å². The van der Waals surface area contributed by atoms with E-state index in [0.29, 0.717) is 0 Å². The van der Waals surface area contributed by atoms with Crippen molar-refractivity contribution >= 4 is 11.6 Å². The number of amides is 1. The summed E-state index contributed by atoms with van der Waals surface area (Å²) in [7, 11) is 4.21. The lowest BCUT2D eigenvalue weighted by molar-refractivity contribution is -0.119. The van der Waals surface area contributed by atoms with E-state index < -0.39 is 0 Å². The molecule has 0 aliphatic heterocycles. The number of nitrogens with zero attached hydrogens (tertiary/aromatic N) is 1. The summed E-state index contributed by atoms with van der Waals surface area (Å²) in [5, 5.41) is 3.13. The smallest absolute Gasteiger partial charge is 0.227 e. The molecule has 4 heteroatoms. The Balaban J connectivity index is 1.59. The average molecular weight is 450 g/mol. The predicted octanol–water partition coefficient (Wildman–Crippen LogP) is 5.16. The number of hydrogen-bond acceptors (Lipinski definition) is 3. The van der Waals surface area contributed by atoms with Crippen LogP contribution in [0.15, 0.2) is 36.4 Å². The van der Waals surface area contributed by atoms with Crippen LogP contribution >= 0.6 is 0 Å². The lowest BCUT2D eigenvalue weighted by atomic mass is 9.81. The minimum absolute atomic E-state index is 0.0566. The number of rotatable bonds is 12. The van der Waals surface area contributed by atoms with Gasteiger partial charge in [-0.3, -0.25) is 4.79 Å². The van der Waals surface area contributed by atoms with E-state index in [-0.39, 0.29) is 11.8 Å². The Bertz CT molecular complexity index is 888. The second kappa shape index (κ2) is 12.9. The maximum atomic E-state index is 12.9. The SMILES string of the molecule is C[C@@H](Cc1ccc(CCCCN)c2c1CCCC2)C(=O)Nc1ccc(CCCN(C)C)cc1. The number of anilines is 1. The fraction of sp³-hybridized carbons (Fsp3) is 0.552. The van der Waals surface area contributed by atoms with Gasteiger partial charge in [0.2, 0.25) is 5.91 Å². The van der Waals surface area contributed by atoms with Crippen molar-refractivity contribution < 1.29 is 4.79 Å². The molecule has 0 unspecified atom stereocenters. The molecule has 0 radical (unpaired) electrons. The molecule has 3 rings (SSSR count). The quantitative estimate of drug-likeness (QED) is 0.440. The first-order valence-corrected chi connectivity index (χ1v) is 12.8. The molecular formula is C29H43N3O. The van der Waals surface area contributed by atoms with Crippen molar-refractivity contribution in [1.82, 2.24) is 4.90 Å². The van der Waals surface area contributed by atoms with Crippen LogP contribution in [-0.4, -0.2) is 38.0 Å². The lowest BCUT2D eigenvalue weighted by Crippen LogP contribution is -2.23. The predicted molar refractivity (Wildman–Crippen MR) is 140 cm³/mol. The van der Waals surface area contributed by atoms with Crippen molar-refractivity contribution in [3.8, 4) is 0 Å². The van der Waals surface area contributed by atoms with Crippen molar-refractivity contribution in [3.05, 3.63) is 64.2 Å². The summed E-state index contributed by atoms with van der Waals surface area (Å²) in [6.07, 6.45) is 11.3. The first kappa shape index (κ1) is 25.5.